The van der Waals surface area contributed by atoms with Crippen molar-refractivity contribution in [2.24, 2.45) is 5.16 Å². The summed E-state index contributed by atoms with van der Waals surface area (Å²) in [7, 11) is 4.60. The third kappa shape index (κ3) is 5.73. The summed E-state index contributed by atoms with van der Waals surface area (Å²) >= 11 is 1.44. The fraction of sp³-hybridized carbons (Fsp3) is 0.800. The molecule has 0 aromatic rings. The van der Waals surface area contributed by atoms with Gasteiger partial charge in [0.2, 0.25) is 0 Å². The molecule has 18 heavy (non-hydrogen) atoms. The highest BCUT2D eigenvalue weighted by Crippen LogP contribution is 2.36. The summed E-state index contributed by atoms with van der Waals surface area (Å²) in [6, 6.07) is 0. The smallest absolute Gasteiger partial charge is 0.361 e. The maximum Gasteiger partial charge on any atom is 0.446 e. The van der Waals surface area contributed by atoms with Crippen LogP contribution in [0.5, 0.6) is 0 Å². The first kappa shape index (κ1) is 16.0. The minimum Gasteiger partial charge on any atom is -0.361 e. The molecule has 1 aliphatic heterocycles. The lowest BCUT2D eigenvalue weighted by molar-refractivity contribution is 0.132. The van der Waals surface area contributed by atoms with E-state index < -0.39 is 6.09 Å². The van der Waals surface area contributed by atoms with Crippen LogP contribution >= 0.6 is 33.5 Å². The topological polar surface area (TPSA) is 51.1 Å². The van der Waals surface area contributed by atoms with Gasteiger partial charge in [-0.2, -0.15) is 0 Å². The van der Waals surface area contributed by atoms with Gasteiger partial charge in [-0.15, -0.1) is 0 Å². The molecule has 0 saturated carbocycles. The molecule has 0 N–H and O–H groups in total. The van der Waals surface area contributed by atoms with E-state index in [1.807, 2.05) is 6.92 Å². The predicted molar refractivity (Wildman–Crippen MR) is 79.6 cm³/mol. The molecular formula is C10H18N2O3S3. The SMILES string of the molecule is CC1OCSC1=NOC(=O)N(C)SSC(C)(C)C. The minimum atomic E-state index is -0.482. The maximum absolute atomic E-state index is 11.6. The maximum atomic E-state index is 11.6. The molecule has 1 aliphatic rings. The largest absolute Gasteiger partial charge is 0.446 e. The Morgan fingerprint density at radius 3 is 2.78 bits per heavy atom. The fourth-order valence-electron chi connectivity index (χ4n) is 0.825. The zero-order chi connectivity index (χ0) is 13.8. The van der Waals surface area contributed by atoms with E-state index in [9.17, 15) is 4.79 Å². The van der Waals surface area contributed by atoms with Gasteiger partial charge in [0.15, 0.2) is 0 Å². The van der Waals surface area contributed by atoms with Gasteiger partial charge in [0.25, 0.3) is 0 Å². The van der Waals surface area contributed by atoms with E-state index in [0.717, 1.165) is 0 Å². The van der Waals surface area contributed by atoms with Crippen LogP contribution in [-0.2, 0) is 9.57 Å². The molecule has 1 amide bonds. The van der Waals surface area contributed by atoms with Crippen molar-refractivity contribution in [2.75, 3.05) is 13.0 Å². The normalized spacial score (nSPS) is 22.3. The van der Waals surface area contributed by atoms with Crippen LogP contribution in [0.15, 0.2) is 5.16 Å². The monoisotopic (exact) mass is 310 g/mol. The summed E-state index contributed by atoms with van der Waals surface area (Å²) in [5.41, 5.74) is 0. The summed E-state index contributed by atoms with van der Waals surface area (Å²) in [6.45, 7) is 8.12. The van der Waals surface area contributed by atoms with Crippen molar-refractivity contribution < 1.29 is 14.4 Å². The number of ether oxygens (including phenoxy) is 1. The molecule has 0 aromatic heterocycles. The molecule has 0 spiro atoms. The van der Waals surface area contributed by atoms with Crippen LogP contribution in [0.25, 0.3) is 0 Å². The molecule has 0 radical (unpaired) electrons. The van der Waals surface area contributed by atoms with Crippen LogP contribution in [0.4, 0.5) is 4.79 Å². The van der Waals surface area contributed by atoms with Crippen molar-refractivity contribution in [1.29, 1.82) is 0 Å². The van der Waals surface area contributed by atoms with Crippen molar-refractivity contribution in [1.82, 2.24) is 4.31 Å². The first-order valence-corrected chi connectivity index (χ1v) is 8.51. The second kappa shape index (κ2) is 6.93. The number of hydrogen-bond acceptors (Lipinski definition) is 7. The van der Waals surface area contributed by atoms with E-state index in [1.165, 1.54) is 27.0 Å². The van der Waals surface area contributed by atoms with Crippen molar-refractivity contribution in [3.63, 3.8) is 0 Å². The van der Waals surface area contributed by atoms with Crippen LogP contribution in [0.1, 0.15) is 27.7 Å². The lowest BCUT2D eigenvalue weighted by atomic mass is 10.3. The van der Waals surface area contributed by atoms with Gasteiger partial charge in [0.1, 0.15) is 11.1 Å². The second-order valence-corrected chi connectivity index (χ2v) is 8.60. The number of carbonyl (C=O) groups excluding carboxylic acids is 1. The number of nitrogens with zero attached hydrogens (tertiary/aromatic N) is 2. The van der Waals surface area contributed by atoms with E-state index in [2.05, 4.69) is 25.9 Å². The van der Waals surface area contributed by atoms with Crippen LogP contribution in [0.2, 0.25) is 0 Å². The number of carbonyl (C=O) groups is 1. The zero-order valence-electron chi connectivity index (χ0n) is 11.1. The lowest BCUT2D eigenvalue weighted by Gasteiger charge is -2.20. The van der Waals surface area contributed by atoms with Gasteiger partial charge in [-0.3, -0.25) is 4.84 Å². The van der Waals surface area contributed by atoms with E-state index in [0.29, 0.717) is 11.0 Å². The molecule has 1 unspecified atom stereocenters. The predicted octanol–water partition coefficient (Wildman–Crippen LogP) is 3.57. The number of rotatable bonds is 3. The molecule has 0 aliphatic carbocycles. The Balaban J connectivity index is 2.36. The summed E-state index contributed by atoms with van der Waals surface area (Å²) in [4.78, 5) is 16.5. The zero-order valence-corrected chi connectivity index (χ0v) is 13.6. The summed E-state index contributed by atoms with van der Waals surface area (Å²) in [6.07, 6.45) is -0.575. The average Bonchev–Trinajstić information content (AvgIpc) is 2.67. The Kier molecular flexibility index (Phi) is 6.16. The Hall–Kier alpha value is -0.0500. The molecule has 1 atom stereocenters. The highest BCUT2D eigenvalue weighted by Gasteiger charge is 2.22. The van der Waals surface area contributed by atoms with Crippen molar-refractivity contribution in [3.8, 4) is 0 Å². The van der Waals surface area contributed by atoms with Gasteiger partial charge in [-0.05, 0) is 6.92 Å². The molecule has 1 fully saturated rings. The van der Waals surface area contributed by atoms with Crippen molar-refractivity contribution in [2.45, 2.75) is 38.5 Å². The van der Waals surface area contributed by atoms with Crippen LogP contribution in [-0.4, -0.2) is 39.3 Å². The van der Waals surface area contributed by atoms with E-state index >= 15 is 0 Å². The van der Waals surface area contributed by atoms with Crippen LogP contribution in [0, 0.1) is 0 Å². The highest BCUT2D eigenvalue weighted by atomic mass is 33.1. The minimum absolute atomic E-state index is 0.0781. The molecule has 1 heterocycles. The molecule has 0 aromatic carbocycles. The second-order valence-electron chi connectivity index (χ2n) is 4.63. The molecule has 0 bridgehead atoms. The standard InChI is InChI=1S/C10H18N2O3S3/c1-7-8(16-6-14-7)11-15-9(13)12(5)18-17-10(2,3)4/h7H,6H2,1-5H3. The van der Waals surface area contributed by atoms with Gasteiger partial charge < -0.3 is 4.74 Å². The molecular weight excluding hydrogens is 292 g/mol. The van der Waals surface area contributed by atoms with Gasteiger partial charge in [0.05, 0.1) is 5.94 Å². The number of amides is 1. The summed E-state index contributed by atoms with van der Waals surface area (Å²) in [5, 5.41) is 4.51. The van der Waals surface area contributed by atoms with Crippen molar-refractivity contribution in [3.05, 3.63) is 0 Å². The Labute approximate surface area is 120 Å². The van der Waals surface area contributed by atoms with Crippen LogP contribution in [0.3, 0.4) is 0 Å². The summed E-state index contributed by atoms with van der Waals surface area (Å²) in [5.74, 6) is 0.558. The highest BCUT2D eigenvalue weighted by molar-refractivity contribution is 8.76. The molecule has 1 rings (SSSR count). The Bertz CT molecular complexity index is 331. The molecule has 8 heteroatoms. The van der Waals surface area contributed by atoms with E-state index in [4.69, 9.17) is 9.57 Å². The Morgan fingerprint density at radius 1 is 1.61 bits per heavy atom. The quantitative estimate of drug-likeness (QED) is 0.344. The Morgan fingerprint density at radius 2 is 2.28 bits per heavy atom. The van der Waals surface area contributed by atoms with Gasteiger partial charge in [-0.1, -0.05) is 48.5 Å². The first-order valence-electron chi connectivity index (χ1n) is 5.42. The molecule has 1 saturated heterocycles. The van der Waals surface area contributed by atoms with E-state index in [-0.39, 0.29) is 10.9 Å². The number of hydrogen-bond donors (Lipinski definition) is 0. The molecule has 5 nitrogen and oxygen atoms in total. The fourth-order valence-corrected chi connectivity index (χ4v) is 3.23. The first-order chi connectivity index (χ1) is 8.29. The van der Waals surface area contributed by atoms with E-state index in [1.54, 1.807) is 17.8 Å². The van der Waals surface area contributed by atoms with Gasteiger partial charge in [-0.25, -0.2) is 9.10 Å². The third-order valence-corrected chi connectivity index (χ3v) is 6.04. The van der Waals surface area contributed by atoms with Gasteiger partial charge >= 0.3 is 6.09 Å². The number of oxime groups is 1. The van der Waals surface area contributed by atoms with Crippen LogP contribution < -0.4 is 0 Å². The average molecular weight is 310 g/mol. The third-order valence-electron chi connectivity index (χ3n) is 1.74. The lowest BCUT2D eigenvalue weighted by Crippen LogP contribution is -2.20. The van der Waals surface area contributed by atoms with Crippen molar-refractivity contribution >= 4 is 44.7 Å². The number of thioether (sulfide) groups is 1. The van der Waals surface area contributed by atoms with Gasteiger partial charge in [0, 0.05) is 22.8 Å². The summed E-state index contributed by atoms with van der Waals surface area (Å²) < 4.78 is 6.77. The molecule has 104 valence electrons.